The van der Waals surface area contributed by atoms with Crippen molar-refractivity contribution in [2.24, 2.45) is 0 Å². The summed E-state index contributed by atoms with van der Waals surface area (Å²) in [6.07, 6.45) is -1.57. The molecule has 114 valence electrons. The van der Waals surface area contributed by atoms with E-state index >= 15 is 0 Å². The summed E-state index contributed by atoms with van der Waals surface area (Å²) in [5, 5.41) is 2.18. The van der Waals surface area contributed by atoms with E-state index in [9.17, 15) is 18.0 Å². The third kappa shape index (κ3) is 4.52. The van der Waals surface area contributed by atoms with Gasteiger partial charge in [-0.25, -0.2) is 9.78 Å². The molecule has 20 heavy (non-hydrogen) atoms. The van der Waals surface area contributed by atoms with E-state index in [-0.39, 0.29) is 12.6 Å². The molecule has 0 aliphatic rings. The number of nitrogens with one attached hydrogen (secondary N) is 1. The highest BCUT2D eigenvalue weighted by atomic mass is 19.4. The van der Waals surface area contributed by atoms with E-state index in [1.54, 1.807) is 11.5 Å². The third-order valence-electron chi connectivity index (χ3n) is 2.58. The maximum absolute atomic E-state index is 12.3. The normalized spacial score (nSPS) is 13.6. The fraction of sp³-hybridized carbons (Fsp3) is 0.667. The van der Waals surface area contributed by atoms with Crippen LogP contribution in [0.2, 0.25) is 0 Å². The number of nitrogens with zero attached hydrogens (tertiary/aromatic N) is 2. The monoisotopic (exact) mass is 293 g/mol. The molecule has 8 heteroatoms. The highest BCUT2D eigenvalue weighted by Crippen LogP contribution is 2.21. The van der Waals surface area contributed by atoms with Crippen molar-refractivity contribution in [3.8, 4) is 0 Å². The molecule has 0 aliphatic carbocycles. The summed E-state index contributed by atoms with van der Waals surface area (Å²) in [7, 11) is 0. The molecule has 1 N–H and O–H groups in total. The molecule has 0 aliphatic heterocycles. The Kier molecular flexibility index (Phi) is 5.55. The summed E-state index contributed by atoms with van der Waals surface area (Å²) in [5.41, 5.74) is 0.350. The van der Waals surface area contributed by atoms with Crippen molar-refractivity contribution >= 4 is 5.97 Å². The minimum absolute atomic E-state index is 0.0305. The molecule has 0 fully saturated rings. The quantitative estimate of drug-likeness (QED) is 0.817. The number of carbonyl (C=O) groups is 1. The number of rotatable bonds is 6. The molecular formula is C12H18F3N3O2. The van der Waals surface area contributed by atoms with Gasteiger partial charge in [-0.3, -0.25) is 5.32 Å². The zero-order chi connectivity index (χ0) is 15.3. The van der Waals surface area contributed by atoms with Crippen LogP contribution in [-0.2, 0) is 9.53 Å². The molecule has 0 saturated carbocycles. The molecule has 1 unspecified atom stereocenters. The van der Waals surface area contributed by atoms with E-state index in [2.05, 4.69) is 10.3 Å². The number of alkyl halides is 3. The van der Waals surface area contributed by atoms with Gasteiger partial charge in [0.25, 0.3) is 0 Å². The van der Waals surface area contributed by atoms with Gasteiger partial charge in [0, 0.05) is 6.04 Å². The molecule has 0 radical (unpaired) electrons. The van der Waals surface area contributed by atoms with Crippen LogP contribution >= 0.6 is 0 Å². The van der Waals surface area contributed by atoms with Crippen LogP contribution < -0.4 is 5.32 Å². The molecular weight excluding hydrogens is 275 g/mol. The van der Waals surface area contributed by atoms with Crippen molar-refractivity contribution < 1.29 is 22.7 Å². The average molecular weight is 293 g/mol. The van der Waals surface area contributed by atoms with Gasteiger partial charge in [0.05, 0.1) is 31.4 Å². The van der Waals surface area contributed by atoms with Gasteiger partial charge in [0.2, 0.25) is 0 Å². The molecule has 1 rings (SSSR count). The summed E-state index contributed by atoms with van der Waals surface area (Å²) >= 11 is 0. The lowest BCUT2D eigenvalue weighted by Gasteiger charge is -2.21. The number of carbonyl (C=O) groups excluding carboxylic acids is 1. The van der Waals surface area contributed by atoms with Gasteiger partial charge in [-0.1, -0.05) is 0 Å². The summed E-state index contributed by atoms with van der Waals surface area (Å²) in [4.78, 5) is 15.7. The van der Waals surface area contributed by atoms with Crippen LogP contribution in [0.15, 0.2) is 12.5 Å². The zero-order valence-corrected chi connectivity index (χ0v) is 11.6. The molecule has 1 atom stereocenters. The van der Waals surface area contributed by atoms with Gasteiger partial charge in [-0.2, -0.15) is 13.2 Å². The Labute approximate surface area is 115 Å². The van der Waals surface area contributed by atoms with Crippen LogP contribution in [0.3, 0.4) is 0 Å². The van der Waals surface area contributed by atoms with Gasteiger partial charge >= 0.3 is 12.1 Å². The summed E-state index contributed by atoms with van der Waals surface area (Å²) in [6.45, 7) is 4.10. The summed E-state index contributed by atoms with van der Waals surface area (Å²) in [6, 6.07) is -1.22. The number of aromatic nitrogens is 2. The second-order valence-electron chi connectivity index (χ2n) is 4.50. The molecule has 0 bridgehead atoms. The Morgan fingerprint density at radius 1 is 1.50 bits per heavy atom. The van der Waals surface area contributed by atoms with Crippen LogP contribution in [0, 0.1) is 0 Å². The number of esters is 1. The first-order valence-corrected chi connectivity index (χ1v) is 6.24. The fourth-order valence-electron chi connectivity index (χ4n) is 1.72. The number of hydrogen-bond acceptors (Lipinski definition) is 4. The molecule has 0 saturated heterocycles. The maximum Gasteiger partial charge on any atom is 0.401 e. The van der Waals surface area contributed by atoms with Crippen molar-refractivity contribution in [2.75, 3.05) is 13.2 Å². The summed E-state index contributed by atoms with van der Waals surface area (Å²) in [5.74, 6) is -0.751. The van der Waals surface area contributed by atoms with Crippen molar-refractivity contribution in [2.45, 2.75) is 39.0 Å². The molecule has 1 aromatic rings. The highest BCUT2D eigenvalue weighted by Gasteiger charge is 2.33. The number of halogens is 3. The first-order chi connectivity index (χ1) is 9.26. The largest absolute Gasteiger partial charge is 0.465 e. The Bertz CT molecular complexity index is 443. The molecule has 1 aromatic heterocycles. The predicted octanol–water partition coefficient (Wildman–Crippen LogP) is 2.22. The SMILES string of the molecule is CCOC(=O)C(NCC(F)(F)F)c1cncn1C(C)C. The zero-order valence-electron chi connectivity index (χ0n) is 11.6. The van der Waals surface area contributed by atoms with Gasteiger partial charge in [-0.15, -0.1) is 0 Å². The molecule has 0 spiro atoms. The van der Waals surface area contributed by atoms with E-state index < -0.39 is 24.7 Å². The van der Waals surface area contributed by atoms with Crippen molar-refractivity contribution in [1.29, 1.82) is 0 Å². The van der Waals surface area contributed by atoms with Crippen LogP contribution in [0.1, 0.15) is 38.5 Å². The first kappa shape index (κ1) is 16.5. The van der Waals surface area contributed by atoms with Crippen molar-refractivity contribution in [1.82, 2.24) is 14.9 Å². The Balaban J connectivity index is 2.97. The lowest BCUT2D eigenvalue weighted by atomic mass is 10.2. The van der Waals surface area contributed by atoms with Crippen LogP contribution in [0.4, 0.5) is 13.2 Å². The second kappa shape index (κ2) is 6.74. The Hall–Kier alpha value is -1.57. The molecule has 0 amide bonds. The van der Waals surface area contributed by atoms with Gasteiger partial charge < -0.3 is 9.30 Å². The minimum Gasteiger partial charge on any atom is -0.465 e. The molecule has 0 aromatic carbocycles. The highest BCUT2D eigenvalue weighted by molar-refractivity contribution is 5.77. The smallest absolute Gasteiger partial charge is 0.401 e. The summed E-state index contributed by atoms with van der Waals surface area (Å²) < 4.78 is 43.4. The predicted molar refractivity (Wildman–Crippen MR) is 66.0 cm³/mol. The van der Waals surface area contributed by atoms with E-state index in [4.69, 9.17) is 4.74 Å². The topological polar surface area (TPSA) is 56.1 Å². The van der Waals surface area contributed by atoms with E-state index in [0.717, 1.165) is 0 Å². The number of ether oxygens (including phenoxy) is 1. The standard InChI is InChI=1S/C12H18F3N3O2/c1-4-20-11(19)10(17-6-12(13,14)15)9-5-16-7-18(9)8(2)3/h5,7-8,10,17H,4,6H2,1-3H3. The fourth-order valence-corrected chi connectivity index (χ4v) is 1.72. The van der Waals surface area contributed by atoms with Gasteiger partial charge in [0.15, 0.2) is 0 Å². The van der Waals surface area contributed by atoms with Crippen LogP contribution in [0.5, 0.6) is 0 Å². The minimum atomic E-state index is -4.41. The number of imidazole rings is 1. The molecule has 1 heterocycles. The van der Waals surface area contributed by atoms with Gasteiger partial charge in [-0.05, 0) is 20.8 Å². The lowest BCUT2D eigenvalue weighted by Crippen LogP contribution is -2.38. The van der Waals surface area contributed by atoms with Crippen LogP contribution in [-0.4, -0.2) is 34.8 Å². The lowest BCUT2D eigenvalue weighted by molar-refractivity contribution is -0.149. The average Bonchev–Trinajstić information content (AvgIpc) is 2.77. The van der Waals surface area contributed by atoms with Crippen molar-refractivity contribution in [3.05, 3.63) is 18.2 Å². The second-order valence-corrected chi connectivity index (χ2v) is 4.50. The first-order valence-electron chi connectivity index (χ1n) is 6.24. The van der Waals surface area contributed by atoms with Crippen molar-refractivity contribution in [3.63, 3.8) is 0 Å². The Morgan fingerprint density at radius 3 is 2.65 bits per heavy atom. The van der Waals surface area contributed by atoms with Gasteiger partial charge in [0.1, 0.15) is 6.04 Å². The third-order valence-corrected chi connectivity index (χ3v) is 2.58. The van der Waals surface area contributed by atoms with E-state index in [1.165, 1.54) is 12.5 Å². The molecule has 5 nitrogen and oxygen atoms in total. The Morgan fingerprint density at radius 2 is 2.15 bits per heavy atom. The number of hydrogen-bond donors (Lipinski definition) is 1. The maximum atomic E-state index is 12.3. The van der Waals surface area contributed by atoms with E-state index in [0.29, 0.717) is 5.69 Å². The van der Waals surface area contributed by atoms with Crippen LogP contribution in [0.25, 0.3) is 0 Å². The van der Waals surface area contributed by atoms with E-state index in [1.807, 2.05) is 13.8 Å².